The van der Waals surface area contributed by atoms with Gasteiger partial charge in [-0.2, -0.15) is 5.10 Å². The number of hydrazone groups is 1. The molecule has 0 saturated heterocycles. The van der Waals surface area contributed by atoms with Crippen molar-refractivity contribution >= 4 is 41.7 Å². The van der Waals surface area contributed by atoms with Crippen molar-refractivity contribution in [3.63, 3.8) is 0 Å². The lowest BCUT2D eigenvalue weighted by Crippen LogP contribution is -2.34. The number of hydrogen-bond donors (Lipinski definition) is 5. The maximum atomic E-state index is 12.8. The van der Waals surface area contributed by atoms with Crippen LogP contribution in [0.5, 0.6) is 0 Å². The number of carbonyl (C=O) groups excluding carboxylic acids is 1. The molecule has 9 nitrogen and oxygen atoms in total. The Bertz CT molecular complexity index is 908. The lowest BCUT2D eigenvalue weighted by Gasteiger charge is -2.27. The molecule has 1 aliphatic heterocycles. The van der Waals surface area contributed by atoms with E-state index in [-0.39, 0.29) is 23.4 Å². The van der Waals surface area contributed by atoms with Crippen LogP contribution in [0.15, 0.2) is 35.9 Å². The lowest BCUT2D eigenvalue weighted by atomic mass is 9.98. The summed E-state index contributed by atoms with van der Waals surface area (Å²) < 4.78 is 0. The van der Waals surface area contributed by atoms with Crippen molar-refractivity contribution in [2.45, 2.75) is 12.5 Å². The SMILES string of the molecule is C=Cc1nc(C(=O)NC2CCNc3ccccc32)c(N)nc1N/N=C\C=N. The number of rotatable bonds is 6. The van der Waals surface area contributed by atoms with E-state index in [9.17, 15) is 4.79 Å². The molecule has 1 amide bonds. The Kier molecular flexibility index (Phi) is 5.41. The molecule has 1 aromatic heterocycles. The summed E-state index contributed by atoms with van der Waals surface area (Å²) in [6.45, 7) is 4.43. The van der Waals surface area contributed by atoms with Crippen LogP contribution in [0.4, 0.5) is 17.3 Å². The van der Waals surface area contributed by atoms with E-state index in [1.807, 2.05) is 24.3 Å². The molecule has 1 aliphatic rings. The molecule has 2 aromatic rings. The van der Waals surface area contributed by atoms with Gasteiger partial charge in [-0.15, -0.1) is 0 Å². The van der Waals surface area contributed by atoms with Gasteiger partial charge in [0.05, 0.1) is 12.3 Å². The van der Waals surface area contributed by atoms with E-state index in [2.05, 4.69) is 37.7 Å². The standard InChI is InChI=1S/C18H20N8O/c1-2-12-17(26-22-10-8-19)25-16(20)15(23-12)18(27)24-14-7-9-21-13-6-4-3-5-11(13)14/h2-6,8,10,14,19,21H,1,7,9H2,(H,24,27)(H3,20,25,26)/b19-8?,22-10-. The molecule has 0 fully saturated rings. The van der Waals surface area contributed by atoms with Gasteiger partial charge in [0.2, 0.25) is 0 Å². The van der Waals surface area contributed by atoms with E-state index in [0.717, 1.165) is 30.4 Å². The minimum atomic E-state index is -0.403. The monoisotopic (exact) mass is 364 g/mol. The summed E-state index contributed by atoms with van der Waals surface area (Å²) in [5.41, 5.74) is 10.9. The second-order valence-corrected chi connectivity index (χ2v) is 5.78. The highest BCUT2D eigenvalue weighted by molar-refractivity contribution is 6.14. The maximum Gasteiger partial charge on any atom is 0.274 e. The zero-order chi connectivity index (χ0) is 19.2. The Morgan fingerprint density at radius 1 is 1.41 bits per heavy atom. The van der Waals surface area contributed by atoms with Gasteiger partial charge in [0.25, 0.3) is 5.91 Å². The zero-order valence-corrected chi connectivity index (χ0v) is 14.6. The Morgan fingerprint density at radius 2 is 2.22 bits per heavy atom. The molecule has 27 heavy (non-hydrogen) atoms. The summed E-state index contributed by atoms with van der Waals surface area (Å²) in [4.78, 5) is 21.2. The molecule has 6 N–H and O–H groups in total. The highest BCUT2D eigenvalue weighted by Gasteiger charge is 2.24. The molecule has 1 unspecified atom stereocenters. The van der Waals surface area contributed by atoms with Crippen LogP contribution in [-0.2, 0) is 0 Å². The molecular weight excluding hydrogens is 344 g/mol. The first-order valence-electron chi connectivity index (χ1n) is 8.35. The van der Waals surface area contributed by atoms with Crippen molar-refractivity contribution in [1.82, 2.24) is 15.3 Å². The van der Waals surface area contributed by atoms with Gasteiger partial charge in [-0.25, -0.2) is 9.97 Å². The number of carbonyl (C=O) groups is 1. The van der Waals surface area contributed by atoms with E-state index < -0.39 is 5.91 Å². The number of nitrogens with two attached hydrogens (primary N) is 1. The first-order valence-corrected chi connectivity index (χ1v) is 8.35. The van der Waals surface area contributed by atoms with E-state index in [4.69, 9.17) is 11.1 Å². The lowest BCUT2D eigenvalue weighted by molar-refractivity contribution is 0.0930. The van der Waals surface area contributed by atoms with Gasteiger partial charge in [0.15, 0.2) is 17.3 Å². The van der Waals surface area contributed by atoms with E-state index in [1.165, 1.54) is 12.3 Å². The van der Waals surface area contributed by atoms with Crippen molar-refractivity contribution in [3.05, 3.63) is 47.8 Å². The predicted octanol–water partition coefficient (Wildman–Crippen LogP) is 2.04. The molecule has 1 aromatic carbocycles. The predicted molar refractivity (Wildman–Crippen MR) is 107 cm³/mol. The third kappa shape index (κ3) is 3.92. The van der Waals surface area contributed by atoms with Gasteiger partial charge in [-0.1, -0.05) is 24.8 Å². The number of hydrogen-bond acceptors (Lipinski definition) is 8. The maximum absolute atomic E-state index is 12.8. The Labute approximate surface area is 156 Å². The van der Waals surface area contributed by atoms with Crippen molar-refractivity contribution in [3.8, 4) is 0 Å². The molecule has 0 radical (unpaired) electrons. The van der Waals surface area contributed by atoms with Crippen molar-refractivity contribution < 1.29 is 4.79 Å². The number of benzene rings is 1. The quantitative estimate of drug-likeness (QED) is 0.392. The Morgan fingerprint density at radius 3 is 3.00 bits per heavy atom. The van der Waals surface area contributed by atoms with Crippen LogP contribution in [0.3, 0.4) is 0 Å². The fourth-order valence-corrected chi connectivity index (χ4v) is 2.83. The van der Waals surface area contributed by atoms with Crippen LogP contribution in [0, 0.1) is 5.41 Å². The fourth-order valence-electron chi connectivity index (χ4n) is 2.83. The molecular formula is C18H20N8O. The number of nitrogen functional groups attached to an aromatic ring is 1. The largest absolute Gasteiger partial charge is 0.385 e. The van der Waals surface area contributed by atoms with Crippen LogP contribution in [-0.4, -0.2) is 34.8 Å². The second-order valence-electron chi connectivity index (χ2n) is 5.78. The average Bonchev–Trinajstić information content (AvgIpc) is 2.68. The van der Waals surface area contributed by atoms with Crippen LogP contribution in [0.2, 0.25) is 0 Å². The van der Waals surface area contributed by atoms with Crippen LogP contribution in [0.1, 0.15) is 34.2 Å². The highest BCUT2D eigenvalue weighted by atomic mass is 16.2. The number of amides is 1. The third-order valence-corrected chi connectivity index (χ3v) is 4.07. The molecule has 138 valence electrons. The second kappa shape index (κ2) is 8.09. The number of nitrogens with one attached hydrogen (secondary N) is 4. The molecule has 0 aliphatic carbocycles. The first kappa shape index (κ1) is 18.1. The number of anilines is 3. The van der Waals surface area contributed by atoms with Gasteiger partial charge in [0, 0.05) is 18.4 Å². The minimum Gasteiger partial charge on any atom is -0.385 e. The zero-order valence-electron chi connectivity index (χ0n) is 14.6. The van der Waals surface area contributed by atoms with Crippen LogP contribution < -0.4 is 21.8 Å². The third-order valence-electron chi connectivity index (χ3n) is 4.07. The van der Waals surface area contributed by atoms with Gasteiger partial charge in [-0.05, 0) is 24.1 Å². The van der Waals surface area contributed by atoms with Crippen molar-refractivity contribution in [1.29, 1.82) is 5.41 Å². The van der Waals surface area contributed by atoms with Crippen LogP contribution in [0.25, 0.3) is 6.08 Å². The number of nitrogens with zero attached hydrogens (tertiary/aromatic N) is 3. The fraction of sp³-hybridized carbons (Fsp3) is 0.167. The van der Waals surface area contributed by atoms with Gasteiger partial charge in [-0.3, -0.25) is 10.2 Å². The van der Waals surface area contributed by atoms with Crippen molar-refractivity contribution in [2.24, 2.45) is 5.10 Å². The number of fused-ring (bicyclic) bond motifs is 1. The topological polar surface area (TPSA) is 141 Å². The highest BCUT2D eigenvalue weighted by Crippen LogP contribution is 2.29. The van der Waals surface area contributed by atoms with E-state index in [0.29, 0.717) is 5.69 Å². The van der Waals surface area contributed by atoms with Gasteiger partial charge < -0.3 is 21.8 Å². The molecule has 2 heterocycles. The molecule has 3 rings (SSSR count). The molecule has 0 bridgehead atoms. The summed E-state index contributed by atoms with van der Waals surface area (Å²) >= 11 is 0. The summed E-state index contributed by atoms with van der Waals surface area (Å²) in [7, 11) is 0. The first-order chi connectivity index (χ1) is 13.1. The van der Waals surface area contributed by atoms with E-state index in [1.54, 1.807) is 0 Å². The molecule has 0 saturated carbocycles. The smallest absolute Gasteiger partial charge is 0.274 e. The molecule has 0 spiro atoms. The number of para-hydroxylation sites is 1. The van der Waals surface area contributed by atoms with Crippen LogP contribution >= 0.6 is 0 Å². The number of aromatic nitrogens is 2. The molecule has 9 heteroatoms. The minimum absolute atomic E-state index is 0.0205. The van der Waals surface area contributed by atoms with Gasteiger partial charge in [0.1, 0.15) is 5.69 Å². The van der Waals surface area contributed by atoms with Gasteiger partial charge >= 0.3 is 0 Å². The Balaban J connectivity index is 1.84. The summed E-state index contributed by atoms with van der Waals surface area (Å²) in [5, 5.41) is 17.0. The van der Waals surface area contributed by atoms with E-state index >= 15 is 0 Å². The summed E-state index contributed by atoms with van der Waals surface area (Å²) in [6, 6.07) is 7.70. The summed E-state index contributed by atoms with van der Waals surface area (Å²) in [6.07, 6.45) is 4.45. The van der Waals surface area contributed by atoms with Crippen molar-refractivity contribution in [2.75, 3.05) is 23.0 Å². The summed E-state index contributed by atoms with van der Waals surface area (Å²) in [5.74, 6) is -0.170. The Hall–Kier alpha value is -3.75. The molecule has 1 atom stereocenters. The normalized spacial score (nSPS) is 15.5. The average molecular weight is 364 g/mol.